The minimum absolute atomic E-state index is 0.466. The Labute approximate surface area is 95.0 Å². The Morgan fingerprint density at radius 3 is 2.56 bits per heavy atom. The summed E-state index contributed by atoms with van der Waals surface area (Å²) < 4.78 is 11.1. The maximum atomic E-state index is 5.57. The fourth-order valence-corrected chi connectivity index (χ4v) is 1.44. The van der Waals surface area contributed by atoms with Gasteiger partial charge in [-0.1, -0.05) is 18.2 Å². The molecule has 0 aliphatic carbocycles. The highest BCUT2D eigenvalue weighted by Crippen LogP contribution is 2.13. The first kappa shape index (κ1) is 10.8. The predicted molar refractivity (Wildman–Crippen MR) is 62.2 cm³/mol. The number of benzene rings is 1. The molecule has 0 saturated carbocycles. The standard InChI is InChI=1S/C13H15NO2/c1-14-9-12-7-8-13(16-12)10-15-11-5-3-2-4-6-11/h2-8,14H,9-10H2,1H3. The number of furan rings is 1. The van der Waals surface area contributed by atoms with Gasteiger partial charge >= 0.3 is 0 Å². The molecule has 1 aromatic heterocycles. The normalized spacial score (nSPS) is 10.3. The summed E-state index contributed by atoms with van der Waals surface area (Å²) >= 11 is 0. The average molecular weight is 217 g/mol. The Morgan fingerprint density at radius 2 is 1.81 bits per heavy atom. The first-order valence-electron chi connectivity index (χ1n) is 5.28. The van der Waals surface area contributed by atoms with E-state index in [4.69, 9.17) is 9.15 Å². The van der Waals surface area contributed by atoms with E-state index in [1.54, 1.807) is 0 Å². The number of nitrogens with one attached hydrogen (secondary N) is 1. The van der Waals surface area contributed by atoms with Crippen molar-refractivity contribution in [3.63, 3.8) is 0 Å². The fourth-order valence-electron chi connectivity index (χ4n) is 1.44. The molecule has 84 valence electrons. The van der Waals surface area contributed by atoms with Gasteiger partial charge in [0, 0.05) is 0 Å². The van der Waals surface area contributed by atoms with E-state index in [0.29, 0.717) is 6.61 Å². The lowest BCUT2D eigenvalue weighted by atomic mass is 10.3. The molecular formula is C13H15NO2. The second kappa shape index (κ2) is 5.37. The zero-order chi connectivity index (χ0) is 11.2. The predicted octanol–water partition coefficient (Wildman–Crippen LogP) is 2.58. The molecule has 0 amide bonds. The minimum atomic E-state index is 0.466. The molecule has 1 aromatic carbocycles. The number of rotatable bonds is 5. The highest BCUT2D eigenvalue weighted by Gasteiger charge is 2.01. The quantitative estimate of drug-likeness (QED) is 0.835. The molecule has 16 heavy (non-hydrogen) atoms. The van der Waals surface area contributed by atoms with Gasteiger partial charge in [-0.2, -0.15) is 0 Å². The number of hydrogen-bond donors (Lipinski definition) is 1. The summed E-state index contributed by atoms with van der Waals surface area (Å²) in [5.74, 6) is 2.62. The molecule has 1 heterocycles. The minimum Gasteiger partial charge on any atom is -0.486 e. The summed E-state index contributed by atoms with van der Waals surface area (Å²) in [6.45, 7) is 1.21. The molecule has 0 atom stereocenters. The van der Waals surface area contributed by atoms with E-state index < -0.39 is 0 Å². The van der Waals surface area contributed by atoms with E-state index in [0.717, 1.165) is 23.8 Å². The van der Waals surface area contributed by atoms with Gasteiger partial charge in [-0.05, 0) is 31.3 Å². The zero-order valence-electron chi connectivity index (χ0n) is 9.27. The van der Waals surface area contributed by atoms with Crippen molar-refractivity contribution in [2.75, 3.05) is 7.05 Å². The number of ether oxygens (including phenoxy) is 1. The summed E-state index contributed by atoms with van der Waals surface area (Å²) in [4.78, 5) is 0. The van der Waals surface area contributed by atoms with Crippen molar-refractivity contribution in [3.8, 4) is 5.75 Å². The fraction of sp³-hybridized carbons (Fsp3) is 0.231. The van der Waals surface area contributed by atoms with Crippen LogP contribution in [0.4, 0.5) is 0 Å². The molecule has 0 saturated heterocycles. The molecule has 3 heteroatoms. The molecule has 2 aromatic rings. The van der Waals surface area contributed by atoms with Crippen molar-refractivity contribution in [3.05, 3.63) is 54.0 Å². The van der Waals surface area contributed by atoms with Crippen LogP contribution >= 0.6 is 0 Å². The Bertz CT molecular complexity index is 423. The summed E-state index contributed by atoms with van der Waals surface area (Å²) in [6.07, 6.45) is 0. The van der Waals surface area contributed by atoms with Crippen LogP contribution in [0.15, 0.2) is 46.9 Å². The Kier molecular flexibility index (Phi) is 3.62. The van der Waals surface area contributed by atoms with Crippen molar-refractivity contribution < 1.29 is 9.15 Å². The van der Waals surface area contributed by atoms with Gasteiger partial charge < -0.3 is 14.5 Å². The molecule has 3 nitrogen and oxygen atoms in total. The van der Waals surface area contributed by atoms with Crippen LogP contribution in [0, 0.1) is 0 Å². The molecular weight excluding hydrogens is 202 g/mol. The van der Waals surface area contributed by atoms with Crippen LogP contribution in [0.2, 0.25) is 0 Å². The Morgan fingerprint density at radius 1 is 1.06 bits per heavy atom. The lowest BCUT2D eigenvalue weighted by molar-refractivity contribution is 0.265. The van der Waals surface area contributed by atoms with Gasteiger partial charge in [0.25, 0.3) is 0 Å². The van der Waals surface area contributed by atoms with E-state index >= 15 is 0 Å². The first-order valence-corrected chi connectivity index (χ1v) is 5.28. The SMILES string of the molecule is CNCc1ccc(COc2ccccc2)o1. The van der Waals surface area contributed by atoms with E-state index in [-0.39, 0.29) is 0 Å². The van der Waals surface area contributed by atoms with Crippen LogP contribution in [0.1, 0.15) is 11.5 Å². The second-order valence-corrected chi connectivity index (χ2v) is 3.50. The zero-order valence-corrected chi connectivity index (χ0v) is 9.27. The lowest BCUT2D eigenvalue weighted by Crippen LogP contribution is -2.03. The van der Waals surface area contributed by atoms with Gasteiger partial charge in [0.15, 0.2) is 0 Å². The highest BCUT2D eigenvalue weighted by atomic mass is 16.5. The monoisotopic (exact) mass is 217 g/mol. The summed E-state index contributed by atoms with van der Waals surface area (Å²) in [7, 11) is 1.89. The van der Waals surface area contributed by atoms with Gasteiger partial charge in [-0.3, -0.25) is 0 Å². The van der Waals surface area contributed by atoms with Crippen LogP contribution in [0.3, 0.4) is 0 Å². The lowest BCUT2D eigenvalue weighted by Gasteiger charge is -2.03. The van der Waals surface area contributed by atoms with E-state index in [1.807, 2.05) is 49.5 Å². The molecule has 1 N–H and O–H groups in total. The summed E-state index contributed by atoms with van der Waals surface area (Å²) in [6, 6.07) is 13.6. The topological polar surface area (TPSA) is 34.4 Å². The van der Waals surface area contributed by atoms with E-state index in [9.17, 15) is 0 Å². The van der Waals surface area contributed by atoms with Crippen LogP contribution in [0.25, 0.3) is 0 Å². The van der Waals surface area contributed by atoms with Crippen molar-refractivity contribution in [1.82, 2.24) is 5.32 Å². The van der Waals surface area contributed by atoms with Gasteiger partial charge in [0.1, 0.15) is 23.9 Å². The molecule has 0 fully saturated rings. The molecule has 0 bridgehead atoms. The molecule has 0 radical (unpaired) electrons. The van der Waals surface area contributed by atoms with Gasteiger partial charge in [0.05, 0.1) is 6.54 Å². The third-order valence-electron chi connectivity index (χ3n) is 2.19. The maximum Gasteiger partial charge on any atom is 0.146 e. The Hall–Kier alpha value is -1.74. The third kappa shape index (κ3) is 2.87. The Balaban J connectivity index is 1.89. The van der Waals surface area contributed by atoms with Crippen LogP contribution in [-0.4, -0.2) is 7.05 Å². The maximum absolute atomic E-state index is 5.57. The number of para-hydroxylation sites is 1. The average Bonchev–Trinajstić information content (AvgIpc) is 2.76. The largest absolute Gasteiger partial charge is 0.486 e. The van der Waals surface area contributed by atoms with E-state index in [1.165, 1.54) is 0 Å². The molecule has 0 aliphatic heterocycles. The van der Waals surface area contributed by atoms with Gasteiger partial charge in [0.2, 0.25) is 0 Å². The molecule has 0 unspecified atom stereocenters. The highest BCUT2D eigenvalue weighted by molar-refractivity contribution is 5.21. The summed E-state index contributed by atoms with van der Waals surface area (Å²) in [5, 5.41) is 3.04. The number of hydrogen-bond acceptors (Lipinski definition) is 3. The van der Waals surface area contributed by atoms with Gasteiger partial charge in [-0.15, -0.1) is 0 Å². The smallest absolute Gasteiger partial charge is 0.146 e. The van der Waals surface area contributed by atoms with Crippen molar-refractivity contribution >= 4 is 0 Å². The third-order valence-corrected chi connectivity index (χ3v) is 2.19. The van der Waals surface area contributed by atoms with Crippen molar-refractivity contribution in [2.24, 2.45) is 0 Å². The van der Waals surface area contributed by atoms with Crippen LogP contribution in [-0.2, 0) is 13.2 Å². The second-order valence-electron chi connectivity index (χ2n) is 3.50. The molecule has 2 rings (SSSR count). The van der Waals surface area contributed by atoms with Crippen LogP contribution in [0.5, 0.6) is 5.75 Å². The van der Waals surface area contributed by atoms with E-state index in [2.05, 4.69) is 5.32 Å². The van der Waals surface area contributed by atoms with Crippen LogP contribution < -0.4 is 10.1 Å². The van der Waals surface area contributed by atoms with Crippen molar-refractivity contribution in [1.29, 1.82) is 0 Å². The van der Waals surface area contributed by atoms with Crippen molar-refractivity contribution in [2.45, 2.75) is 13.2 Å². The first-order chi connectivity index (χ1) is 7.88. The molecule has 0 spiro atoms. The summed E-state index contributed by atoms with van der Waals surface area (Å²) in [5.41, 5.74) is 0. The van der Waals surface area contributed by atoms with Gasteiger partial charge in [-0.25, -0.2) is 0 Å². The molecule has 0 aliphatic rings.